The van der Waals surface area contributed by atoms with Crippen molar-refractivity contribution < 1.29 is 0 Å². The van der Waals surface area contributed by atoms with Crippen LogP contribution in [0.3, 0.4) is 0 Å². The Kier molecular flexibility index (Phi) is 2.37. The van der Waals surface area contributed by atoms with Crippen molar-refractivity contribution in [2.45, 2.75) is 52.9 Å². The molecule has 0 heteroatoms. The van der Waals surface area contributed by atoms with Gasteiger partial charge in [-0.25, -0.2) is 0 Å². The summed E-state index contributed by atoms with van der Waals surface area (Å²) < 4.78 is 0. The number of hydrogen-bond donors (Lipinski definition) is 0. The molecule has 0 nitrogen and oxygen atoms in total. The Morgan fingerprint density at radius 2 is 1.73 bits per heavy atom. The first-order chi connectivity index (χ1) is 7.22. The molecule has 3 aliphatic rings. The van der Waals surface area contributed by atoms with Crippen LogP contribution in [0.5, 0.6) is 0 Å². The molecule has 7 atom stereocenters. The number of hydrogen-bond acceptors (Lipinski definition) is 0. The largest absolute Gasteiger partial charge is 0.0654 e. The van der Waals surface area contributed by atoms with Crippen molar-refractivity contribution >= 4 is 0 Å². The quantitative estimate of drug-likeness (QED) is 0.630. The van der Waals surface area contributed by atoms with Crippen LogP contribution in [-0.2, 0) is 0 Å². The summed E-state index contributed by atoms with van der Waals surface area (Å²) in [4.78, 5) is 0. The van der Waals surface area contributed by atoms with Gasteiger partial charge in [-0.05, 0) is 60.7 Å². The topological polar surface area (TPSA) is 0 Å². The third-order valence-electron chi connectivity index (χ3n) is 6.00. The number of fused-ring (bicyclic) bond motifs is 5. The Morgan fingerprint density at radius 1 is 0.933 bits per heavy atom. The normalized spacial score (nSPS) is 57.4. The van der Waals surface area contributed by atoms with Gasteiger partial charge >= 0.3 is 0 Å². The molecule has 3 saturated carbocycles. The zero-order valence-corrected chi connectivity index (χ0v) is 10.6. The lowest BCUT2D eigenvalue weighted by Gasteiger charge is -2.34. The molecular formula is C15H26. The third-order valence-corrected chi connectivity index (χ3v) is 6.00. The molecule has 2 bridgehead atoms. The van der Waals surface area contributed by atoms with Gasteiger partial charge in [-0.2, -0.15) is 0 Å². The molecule has 7 unspecified atom stereocenters. The van der Waals surface area contributed by atoms with Gasteiger partial charge in [-0.3, -0.25) is 0 Å². The van der Waals surface area contributed by atoms with Crippen molar-refractivity contribution in [3.05, 3.63) is 0 Å². The fraction of sp³-hybridized carbons (Fsp3) is 1.00. The Hall–Kier alpha value is 0. The molecule has 0 aromatic heterocycles. The summed E-state index contributed by atoms with van der Waals surface area (Å²) in [6.07, 6.45) is 7.65. The second-order valence-corrected chi connectivity index (χ2v) is 6.79. The molecule has 0 N–H and O–H groups in total. The molecule has 3 rings (SSSR count). The van der Waals surface area contributed by atoms with Crippen LogP contribution in [0.25, 0.3) is 0 Å². The monoisotopic (exact) mass is 206 g/mol. The minimum Gasteiger partial charge on any atom is -0.0654 e. The number of rotatable bonds is 2. The standard InChI is InChI=1S/C15H26/c1-4-5-11-7-10(3)14-12-6-9(2)13(8-12)15(11)14/h9-15H,4-8H2,1-3H3. The smallest absolute Gasteiger partial charge is 0.0321 e. The van der Waals surface area contributed by atoms with Crippen molar-refractivity contribution in [3.8, 4) is 0 Å². The predicted octanol–water partition coefficient (Wildman–Crippen LogP) is 4.35. The van der Waals surface area contributed by atoms with E-state index in [9.17, 15) is 0 Å². The van der Waals surface area contributed by atoms with E-state index in [0.717, 1.165) is 41.4 Å². The molecular weight excluding hydrogens is 180 g/mol. The van der Waals surface area contributed by atoms with E-state index in [2.05, 4.69) is 20.8 Å². The second-order valence-electron chi connectivity index (χ2n) is 6.79. The molecule has 0 amide bonds. The molecule has 15 heavy (non-hydrogen) atoms. The highest BCUT2D eigenvalue weighted by Gasteiger charge is 2.57. The maximum atomic E-state index is 2.54. The fourth-order valence-corrected chi connectivity index (χ4v) is 5.76. The average molecular weight is 206 g/mol. The van der Waals surface area contributed by atoms with Gasteiger partial charge in [-0.1, -0.05) is 33.6 Å². The van der Waals surface area contributed by atoms with E-state index < -0.39 is 0 Å². The molecule has 0 radical (unpaired) electrons. The highest BCUT2D eigenvalue weighted by atomic mass is 14.6. The molecule has 3 aliphatic carbocycles. The minimum absolute atomic E-state index is 1.05. The van der Waals surface area contributed by atoms with Gasteiger partial charge < -0.3 is 0 Å². The van der Waals surface area contributed by atoms with Crippen LogP contribution in [0.2, 0.25) is 0 Å². The van der Waals surface area contributed by atoms with Gasteiger partial charge in [0.1, 0.15) is 0 Å². The van der Waals surface area contributed by atoms with Gasteiger partial charge in [0, 0.05) is 0 Å². The van der Waals surface area contributed by atoms with Crippen LogP contribution in [-0.4, -0.2) is 0 Å². The molecule has 86 valence electrons. The van der Waals surface area contributed by atoms with E-state index in [1.54, 1.807) is 19.3 Å². The zero-order chi connectivity index (χ0) is 10.6. The van der Waals surface area contributed by atoms with E-state index in [1.807, 2.05) is 0 Å². The first-order valence-electron chi connectivity index (χ1n) is 7.22. The average Bonchev–Trinajstić information content (AvgIpc) is 2.79. The van der Waals surface area contributed by atoms with Gasteiger partial charge in [0.25, 0.3) is 0 Å². The SMILES string of the molecule is CCCC1CC(C)C2C3CC(C)C(C3)C12. The molecule has 0 spiro atoms. The molecule has 0 aromatic carbocycles. The van der Waals surface area contributed by atoms with Gasteiger partial charge in [-0.15, -0.1) is 0 Å². The third kappa shape index (κ3) is 1.33. The summed E-state index contributed by atoms with van der Waals surface area (Å²) in [5.74, 6) is 7.76. The molecule has 3 fully saturated rings. The zero-order valence-electron chi connectivity index (χ0n) is 10.6. The van der Waals surface area contributed by atoms with Crippen molar-refractivity contribution in [1.29, 1.82) is 0 Å². The lowest BCUT2D eigenvalue weighted by molar-refractivity contribution is 0.145. The Bertz CT molecular complexity index is 244. The Labute approximate surface area is 94.8 Å². The lowest BCUT2D eigenvalue weighted by Crippen LogP contribution is -2.28. The predicted molar refractivity (Wildman–Crippen MR) is 64.5 cm³/mol. The highest BCUT2D eigenvalue weighted by molar-refractivity contribution is 5.06. The summed E-state index contributed by atoms with van der Waals surface area (Å²) in [6.45, 7) is 7.43. The van der Waals surface area contributed by atoms with Crippen molar-refractivity contribution in [2.24, 2.45) is 41.4 Å². The minimum atomic E-state index is 1.05. The van der Waals surface area contributed by atoms with Crippen molar-refractivity contribution in [1.82, 2.24) is 0 Å². The first-order valence-corrected chi connectivity index (χ1v) is 7.22. The maximum absolute atomic E-state index is 2.54. The molecule has 0 aliphatic heterocycles. The van der Waals surface area contributed by atoms with Crippen molar-refractivity contribution in [3.63, 3.8) is 0 Å². The summed E-state index contributed by atoms with van der Waals surface area (Å²) in [5, 5.41) is 0. The molecule has 0 aromatic rings. The summed E-state index contributed by atoms with van der Waals surface area (Å²) in [6, 6.07) is 0. The van der Waals surface area contributed by atoms with E-state index in [4.69, 9.17) is 0 Å². The van der Waals surface area contributed by atoms with Crippen LogP contribution < -0.4 is 0 Å². The van der Waals surface area contributed by atoms with Crippen molar-refractivity contribution in [2.75, 3.05) is 0 Å². The summed E-state index contributed by atoms with van der Waals surface area (Å²) in [7, 11) is 0. The van der Waals surface area contributed by atoms with Crippen LogP contribution in [0, 0.1) is 41.4 Å². The first kappa shape index (κ1) is 10.2. The van der Waals surface area contributed by atoms with Crippen LogP contribution in [0.4, 0.5) is 0 Å². The summed E-state index contributed by atoms with van der Waals surface area (Å²) >= 11 is 0. The van der Waals surface area contributed by atoms with Gasteiger partial charge in [0.05, 0.1) is 0 Å². The molecule has 0 heterocycles. The fourth-order valence-electron chi connectivity index (χ4n) is 5.76. The molecule has 0 saturated heterocycles. The van der Waals surface area contributed by atoms with E-state index >= 15 is 0 Å². The summed E-state index contributed by atoms with van der Waals surface area (Å²) in [5.41, 5.74) is 0. The van der Waals surface area contributed by atoms with Crippen LogP contribution in [0.15, 0.2) is 0 Å². The van der Waals surface area contributed by atoms with Gasteiger partial charge in [0.2, 0.25) is 0 Å². The van der Waals surface area contributed by atoms with E-state index in [-0.39, 0.29) is 0 Å². The lowest BCUT2D eigenvalue weighted by atomic mass is 9.71. The Balaban J connectivity index is 1.82. The maximum Gasteiger partial charge on any atom is -0.0321 e. The van der Waals surface area contributed by atoms with Gasteiger partial charge in [0.15, 0.2) is 0 Å². The highest BCUT2D eigenvalue weighted by Crippen LogP contribution is 2.64. The Morgan fingerprint density at radius 3 is 2.47 bits per heavy atom. The van der Waals surface area contributed by atoms with Crippen LogP contribution in [0.1, 0.15) is 52.9 Å². The van der Waals surface area contributed by atoms with Crippen LogP contribution >= 0.6 is 0 Å². The van der Waals surface area contributed by atoms with E-state index in [0.29, 0.717) is 0 Å². The second kappa shape index (κ2) is 3.50. The van der Waals surface area contributed by atoms with E-state index in [1.165, 1.54) is 12.8 Å².